The van der Waals surface area contributed by atoms with Crippen LogP contribution in [0.4, 0.5) is 5.69 Å². The standard InChI is InChI=1S/C14H20N2OS/c1-4-9-17-13-8-6-5-7-12(13)16-14(18)15-10-11(2)3/h5-8H,2,4,9-10H2,1,3H3,(H2,15,16,18). The number of benzene rings is 1. The van der Waals surface area contributed by atoms with Crippen LogP contribution in [0.2, 0.25) is 0 Å². The van der Waals surface area contributed by atoms with E-state index in [2.05, 4.69) is 24.1 Å². The van der Waals surface area contributed by atoms with E-state index < -0.39 is 0 Å². The molecule has 0 radical (unpaired) electrons. The molecule has 4 heteroatoms. The van der Waals surface area contributed by atoms with Crippen molar-refractivity contribution in [3.05, 3.63) is 36.4 Å². The Kier molecular flexibility index (Phi) is 6.22. The van der Waals surface area contributed by atoms with Crippen LogP contribution in [0.25, 0.3) is 0 Å². The lowest BCUT2D eigenvalue weighted by Gasteiger charge is -2.14. The van der Waals surface area contributed by atoms with Gasteiger partial charge in [-0.15, -0.1) is 0 Å². The molecule has 1 rings (SSSR count). The van der Waals surface area contributed by atoms with Gasteiger partial charge in [0.25, 0.3) is 0 Å². The fraction of sp³-hybridized carbons (Fsp3) is 0.357. The number of anilines is 1. The molecule has 2 N–H and O–H groups in total. The summed E-state index contributed by atoms with van der Waals surface area (Å²) >= 11 is 5.21. The summed E-state index contributed by atoms with van der Waals surface area (Å²) in [6.45, 7) is 9.22. The minimum absolute atomic E-state index is 0.575. The number of ether oxygens (including phenoxy) is 1. The van der Waals surface area contributed by atoms with Crippen LogP contribution in [0.3, 0.4) is 0 Å². The highest BCUT2D eigenvalue weighted by atomic mass is 32.1. The first-order chi connectivity index (χ1) is 8.63. The summed E-state index contributed by atoms with van der Waals surface area (Å²) in [5.41, 5.74) is 1.92. The van der Waals surface area contributed by atoms with Gasteiger partial charge in [-0.2, -0.15) is 0 Å². The first-order valence-corrected chi connectivity index (χ1v) is 6.45. The van der Waals surface area contributed by atoms with Crippen molar-refractivity contribution in [3.8, 4) is 5.75 Å². The van der Waals surface area contributed by atoms with Gasteiger partial charge in [0, 0.05) is 6.54 Å². The quantitative estimate of drug-likeness (QED) is 0.610. The predicted octanol–water partition coefficient (Wildman–Crippen LogP) is 3.34. The molecular weight excluding hydrogens is 244 g/mol. The molecule has 1 aromatic carbocycles. The number of nitrogens with one attached hydrogen (secondary N) is 2. The molecule has 0 aliphatic heterocycles. The second-order valence-electron chi connectivity index (χ2n) is 4.11. The first kappa shape index (κ1) is 14.5. The number of rotatable bonds is 6. The van der Waals surface area contributed by atoms with Crippen LogP contribution in [0.1, 0.15) is 20.3 Å². The number of hydrogen-bond acceptors (Lipinski definition) is 2. The molecule has 0 atom stereocenters. The van der Waals surface area contributed by atoms with Crippen molar-refractivity contribution in [2.24, 2.45) is 0 Å². The van der Waals surface area contributed by atoms with Crippen molar-refractivity contribution in [1.82, 2.24) is 5.32 Å². The van der Waals surface area contributed by atoms with E-state index in [1.165, 1.54) is 0 Å². The maximum absolute atomic E-state index is 5.65. The van der Waals surface area contributed by atoms with Gasteiger partial charge in [-0.1, -0.05) is 31.2 Å². The summed E-state index contributed by atoms with van der Waals surface area (Å²) < 4.78 is 5.65. The molecule has 0 unspecified atom stereocenters. The van der Waals surface area contributed by atoms with Crippen molar-refractivity contribution in [2.45, 2.75) is 20.3 Å². The Morgan fingerprint density at radius 2 is 2.11 bits per heavy atom. The molecule has 0 heterocycles. The monoisotopic (exact) mass is 264 g/mol. The summed E-state index contributed by atoms with van der Waals surface area (Å²) in [6.07, 6.45) is 0.979. The smallest absolute Gasteiger partial charge is 0.171 e. The van der Waals surface area contributed by atoms with Gasteiger partial charge in [0.1, 0.15) is 5.75 Å². The third-order valence-corrected chi connectivity index (χ3v) is 2.39. The predicted molar refractivity (Wildman–Crippen MR) is 81.3 cm³/mol. The number of hydrogen-bond donors (Lipinski definition) is 2. The fourth-order valence-electron chi connectivity index (χ4n) is 1.31. The fourth-order valence-corrected chi connectivity index (χ4v) is 1.49. The van der Waals surface area contributed by atoms with E-state index in [0.29, 0.717) is 18.3 Å². The van der Waals surface area contributed by atoms with Crippen LogP contribution in [0.15, 0.2) is 36.4 Å². The highest BCUT2D eigenvalue weighted by molar-refractivity contribution is 7.80. The maximum Gasteiger partial charge on any atom is 0.171 e. The lowest BCUT2D eigenvalue weighted by Crippen LogP contribution is -2.29. The molecule has 98 valence electrons. The van der Waals surface area contributed by atoms with Gasteiger partial charge in [0.2, 0.25) is 0 Å². The van der Waals surface area contributed by atoms with Crippen LogP contribution in [-0.4, -0.2) is 18.3 Å². The van der Waals surface area contributed by atoms with E-state index in [4.69, 9.17) is 17.0 Å². The second-order valence-corrected chi connectivity index (χ2v) is 4.52. The molecule has 0 amide bonds. The molecule has 0 aliphatic rings. The Labute approximate surface area is 114 Å². The Balaban J connectivity index is 2.59. The molecule has 3 nitrogen and oxygen atoms in total. The topological polar surface area (TPSA) is 33.3 Å². The van der Waals surface area contributed by atoms with E-state index in [-0.39, 0.29) is 0 Å². The molecular formula is C14H20N2OS. The molecule has 0 aromatic heterocycles. The highest BCUT2D eigenvalue weighted by Crippen LogP contribution is 2.23. The van der Waals surface area contributed by atoms with Crippen molar-refractivity contribution < 1.29 is 4.74 Å². The Bertz CT molecular complexity index is 418. The van der Waals surface area contributed by atoms with Crippen molar-refractivity contribution in [1.29, 1.82) is 0 Å². The summed E-state index contributed by atoms with van der Waals surface area (Å²) in [5.74, 6) is 0.818. The minimum Gasteiger partial charge on any atom is -0.491 e. The van der Waals surface area contributed by atoms with E-state index in [9.17, 15) is 0 Å². The van der Waals surface area contributed by atoms with Crippen LogP contribution < -0.4 is 15.4 Å². The van der Waals surface area contributed by atoms with Gasteiger partial charge in [0.15, 0.2) is 5.11 Å². The Morgan fingerprint density at radius 3 is 2.78 bits per heavy atom. The average molecular weight is 264 g/mol. The van der Waals surface area contributed by atoms with Gasteiger partial charge >= 0.3 is 0 Å². The van der Waals surface area contributed by atoms with Gasteiger partial charge in [-0.25, -0.2) is 0 Å². The molecule has 0 spiro atoms. The lowest BCUT2D eigenvalue weighted by molar-refractivity contribution is 0.319. The summed E-state index contributed by atoms with van der Waals surface area (Å²) in [4.78, 5) is 0. The normalized spacial score (nSPS) is 9.67. The highest BCUT2D eigenvalue weighted by Gasteiger charge is 2.04. The Morgan fingerprint density at radius 1 is 1.39 bits per heavy atom. The van der Waals surface area contributed by atoms with Crippen LogP contribution in [0, 0.1) is 0 Å². The third-order valence-electron chi connectivity index (χ3n) is 2.15. The number of para-hydroxylation sites is 2. The average Bonchev–Trinajstić information content (AvgIpc) is 2.35. The van der Waals surface area contributed by atoms with Crippen LogP contribution >= 0.6 is 12.2 Å². The molecule has 0 fully saturated rings. The van der Waals surface area contributed by atoms with Crippen molar-refractivity contribution in [3.63, 3.8) is 0 Å². The SMILES string of the molecule is C=C(C)CNC(=S)Nc1ccccc1OCCC. The first-order valence-electron chi connectivity index (χ1n) is 6.04. The summed E-state index contributed by atoms with van der Waals surface area (Å²) in [5, 5.41) is 6.78. The zero-order chi connectivity index (χ0) is 13.4. The largest absolute Gasteiger partial charge is 0.491 e. The molecule has 0 saturated heterocycles. The minimum atomic E-state index is 0.575. The summed E-state index contributed by atoms with van der Waals surface area (Å²) in [6, 6.07) is 7.77. The van der Waals surface area contributed by atoms with Gasteiger partial charge in [-0.3, -0.25) is 0 Å². The zero-order valence-corrected chi connectivity index (χ0v) is 11.8. The van der Waals surface area contributed by atoms with Gasteiger partial charge in [0.05, 0.1) is 12.3 Å². The van der Waals surface area contributed by atoms with Crippen LogP contribution in [0.5, 0.6) is 5.75 Å². The van der Waals surface area contributed by atoms with E-state index >= 15 is 0 Å². The molecule has 0 aliphatic carbocycles. The molecule has 18 heavy (non-hydrogen) atoms. The maximum atomic E-state index is 5.65. The number of thiocarbonyl (C=S) groups is 1. The molecule has 1 aromatic rings. The van der Waals surface area contributed by atoms with E-state index in [1.54, 1.807) is 0 Å². The van der Waals surface area contributed by atoms with Crippen molar-refractivity contribution in [2.75, 3.05) is 18.5 Å². The van der Waals surface area contributed by atoms with E-state index in [0.717, 1.165) is 23.4 Å². The van der Waals surface area contributed by atoms with E-state index in [1.807, 2.05) is 31.2 Å². The summed E-state index contributed by atoms with van der Waals surface area (Å²) in [7, 11) is 0. The third kappa shape index (κ3) is 5.19. The van der Waals surface area contributed by atoms with Gasteiger partial charge in [-0.05, 0) is 37.7 Å². The molecule has 0 bridgehead atoms. The van der Waals surface area contributed by atoms with Crippen molar-refractivity contribution >= 4 is 23.0 Å². The second kappa shape index (κ2) is 7.71. The van der Waals surface area contributed by atoms with Gasteiger partial charge < -0.3 is 15.4 Å². The molecule has 0 saturated carbocycles. The lowest BCUT2D eigenvalue weighted by atomic mass is 10.3. The van der Waals surface area contributed by atoms with Crippen LogP contribution in [-0.2, 0) is 0 Å². The zero-order valence-electron chi connectivity index (χ0n) is 11.0. The Hall–Kier alpha value is -1.55.